The molecule has 2 nitrogen and oxygen atoms in total. The first-order chi connectivity index (χ1) is 10.1. The predicted octanol–water partition coefficient (Wildman–Crippen LogP) is 3.15. The van der Waals surface area contributed by atoms with Crippen molar-refractivity contribution in [2.24, 2.45) is 5.92 Å². The van der Waals surface area contributed by atoms with Crippen LogP contribution in [0.25, 0.3) is 0 Å². The normalized spacial score (nSPS) is 23.6. The lowest BCUT2D eigenvalue weighted by Crippen LogP contribution is -2.38. The molecule has 0 spiro atoms. The third-order valence-corrected chi connectivity index (χ3v) is 4.56. The highest BCUT2D eigenvalue weighted by molar-refractivity contribution is 5.58. The van der Waals surface area contributed by atoms with Gasteiger partial charge in [0.15, 0.2) is 0 Å². The maximum absolute atomic E-state index is 13.1. The Hall–Kier alpha value is -1.23. The minimum atomic E-state index is -4.13. The number of rotatable bonds is 1. The van der Waals surface area contributed by atoms with Crippen molar-refractivity contribution in [1.29, 1.82) is 0 Å². The van der Waals surface area contributed by atoms with Gasteiger partial charge in [-0.05, 0) is 42.9 Å². The van der Waals surface area contributed by atoms with E-state index in [-0.39, 0.29) is 13.1 Å². The Morgan fingerprint density at radius 2 is 1.95 bits per heavy atom. The predicted molar refractivity (Wildman–Crippen MR) is 77.7 cm³/mol. The maximum Gasteiger partial charge on any atom is 0.394 e. The van der Waals surface area contributed by atoms with Crippen LogP contribution in [0.5, 0.6) is 0 Å². The van der Waals surface area contributed by atoms with Crippen LogP contribution < -0.4 is 10.2 Å². The molecule has 0 bridgehead atoms. The number of nitrogens with zero attached hydrogens (tertiary/aromatic N) is 1. The highest BCUT2D eigenvalue weighted by atomic mass is 19.4. The first-order valence-electron chi connectivity index (χ1n) is 7.69. The molecule has 1 aromatic rings. The number of aryl methyl sites for hydroxylation is 1. The van der Waals surface area contributed by atoms with E-state index in [0.29, 0.717) is 13.1 Å². The van der Waals surface area contributed by atoms with Crippen molar-refractivity contribution in [2.75, 3.05) is 31.1 Å². The molecule has 3 rings (SSSR count). The second-order valence-electron chi connectivity index (χ2n) is 6.01. The third-order valence-electron chi connectivity index (χ3n) is 4.56. The second kappa shape index (κ2) is 5.87. The smallest absolute Gasteiger partial charge is 0.369 e. The van der Waals surface area contributed by atoms with Crippen LogP contribution in [0.1, 0.15) is 24.0 Å². The summed E-state index contributed by atoms with van der Waals surface area (Å²) in [6.45, 7) is 1.33. The fourth-order valence-electron chi connectivity index (χ4n) is 3.41. The average Bonchev–Trinajstić information content (AvgIpc) is 2.72. The van der Waals surface area contributed by atoms with Gasteiger partial charge in [-0.25, -0.2) is 0 Å². The molecule has 0 radical (unpaired) electrons. The van der Waals surface area contributed by atoms with E-state index >= 15 is 0 Å². The molecule has 2 aliphatic rings. The molecule has 21 heavy (non-hydrogen) atoms. The highest BCUT2D eigenvalue weighted by Gasteiger charge is 2.41. The maximum atomic E-state index is 13.1. The Labute approximate surface area is 123 Å². The molecule has 1 aliphatic heterocycles. The summed E-state index contributed by atoms with van der Waals surface area (Å²) in [4.78, 5) is 1.93. The standard InChI is InChI=1S/C16H21F3N2/c17-16(18,19)13-10-20-8-9-21(11-13)15-7-3-5-12-4-1-2-6-14(12)15/h3,5,7,13,20H,1-2,4,6,8-11H2. The molecule has 116 valence electrons. The van der Waals surface area contributed by atoms with Gasteiger partial charge in [-0.1, -0.05) is 12.1 Å². The van der Waals surface area contributed by atoms with Crippen LogP contribution in [0.15, 0.2) is 18.2 Å². The summed E-state index contributed by atoms with van der Waals surface area (Å²) in [6.07, 6.45) is 0.233. The summed E-state index contributed by atoms with van der Waals surface area (Å²) >= 11 is 0. The summed E-state index contributed by atoms with van der Waals surface area (Å²) in [5.41, 5.74) is 3.61. The van der Waals surface area contributed by atoms with E-state index in [1.54, 1.807) is 0 Å². The SMILES string of the molecule is FC(F)(F)C1CNCCN(c2cccc3c2CCCC3)C1. The molecule has 1 atom stereocenters. The molecule has 1 fully saturated rings. The molecule has 1 heterocycles. The second-order valence-corrected chi connectivity index (χ2v) is 6.01. The molecule has 1 aromatic carbocycles. The van der Waals surface area contributed by atoms with Gasteiger partial charge in [0.05, 0.1) is 5.92 Å². The van der Waals surface area contributed by atoms with E-state index < -0.39 is 12.1 Å². The van der Waals surface area contributed by atoms with Gasteiger partial charge in [-0.15, -0.1) is 0 Å². The largest absolute Gasteiger partial charge is 0.394 e. The summed E-state index contributed by atoms with van der Waals surface area (Å²) in [5.74, 6) is -1.29. The van der Waals surface area contributed by atoms with Gasteiger partial charge in [-0.2, -0.15) is 13.2 Å². The number of alkyl halides is 3. The number of nitrogens with one attached hydrogen (secondary N) is 1. The molecule has 0 amide bonds. The van der Waals surface area contributed by atoms with Gasteiger partial charge in [0.2, 0.25) is 0 Å². The van der Waals surface area contributed by atoms with E-state index in [9.17, 15) is 13.2 Å². The molecular formula is C16H21F3N2. The fraction of sp³-hybridized carbons (Fsp3) is 0.625. The molecule has 0 saturated carbocycles. The summed E-state index contributed by atoms with van der Waals surface area (Å²) < 4.78 is 39.2. The quantitative estimate of drug-likeness (QED) is 0.857. The lowest BCUT2D eigenvalue weighted by Gasteiger charge is -2.31. The topological polar surface area (TPSA) is 15.3 Å². The van der Waals surface area contributed by atoms with E-state index in [0.717, 1.165) is 24.9 Å². The van der Waals surface area contributed by atoms with Crippen LogP contribution >= 0.6 is 0 Å². The molecule has 1 aliphatic carbocycles. The van der Waals surface area contributed by atoms with Crippen molar-refractivity contribution in [3.63, 3.8) is 0 Å². The Morgan fingerprint density at radius 1 is 1.14 bits per heavy atom. The van der Waals surface area contributed by atoms with Crippen molar-refractivity contribution in [3.05, 3.63) is 29.3 Å². The van der Waals surface area contributed by atoms with E-state index in [4.69, 9.17) is 0 Å². The minimum absolute atomic E-state index is 0.0228. The fourth-order valence-corrected chi connectivity index (χ4v) is 3.41. The van der Waals surface area contributed by atoms with Crippen molar-refractivity contribution in [2.45, 2.75) is 31.9 Å². The lowest BCUT2D eigenvalue weighted by molar-refractivity contribution is -0.169. The number of fused-ring (bicyclic) bond motifs is 1. The average molecular weight is 298 g/mol. The Kier molecular flexibility index (Phi) is 4.11. The summed E-state index contributed by atoms with van der Waals surface area (Å²) in [7, 11) is 0. The van der Waals surface area contributed by atoms with Crippen molar-refractivity contribution >= 4 is 5.69 Å². The number of anilines is 1. The van der Waals surface area contributed by atoms with Gasteiger partial charge in [0.1, 0.15) is 0 Å². The first-order valence-corrected chi connectivity index (χ1v) is 7.69. The van der Waals surface area contributed by atoms with Crippen LogP contribution in [-0.2, 0) is 12.8 Å². The van der Waals surface area contributed by atoms with Crippen molar-refractivity contribution in [1.82, 2.24) is 5.32 Å². The number of hydrogen-bond acceptors (Lipinski definition) is 2. The molecule has 5 heteroatoms. The van der Waals surface area contributed by atoms with E-state index in [2.05, 4.69) is 11.4 Å². The molecule has 0 aromatic heterocycles. The number of halogens is 3. The molecule has 1 saturated heterocycles. The number of hydrogen-bond donors (Lipinski definition) is 1. The minimum Gasteiger partial charge on any atom is -0.369 e. The van der Waals surface area contributed by atoms with Gasteiger partial charge in [0, 0.05) is 31.9 Å². The number of benzene rings is 1. The zero-order valence-corrected chi connectivity index (χ0v) is 12.0. The van der Waals surface area contributed by atoms with Crippen LogP contribution in [0.4, 0.5) is 18.9 Å². The Bertz CT molecular complexity index is 499. The molecular weight excluding hydrogens is 277 g/mol. The monoisotopic (exact) mass is 298 g/mol. The van der Waals surface area contributed by atoms with E-state index in [1.807, 2.05) is 17.0 Å². The third kappa shape index (κ3) is 3.18. The van der Waals surface area contributed by atoms with Crippen LogP contribution in [0.2, 0.25) is 0 Å². The highest BCUT2D eigenvalue weighted by Crippen LogP contribution is 2.33. The first kappa shape index (κ1) is 14.7. The summed E-state index contributed by atoms with van der Waals surface area (Å²) in [6, 6.07) is 6.10. The van der Waals surface area contributed by atoms with Gasteiger partial charge in [-0.3, -0.25) is 0 Å². The molecule has 1 N–H and O–H groups in total. The molecule has 1 unspecified atom stereocenters. The van der Waals surface area contributed by atoms with Crippen LogP contribution in [-0.4, -0.2) is 32.4 Å². The van der Waals surface area contributed by atoms with Gasteiger partial charge >= 0.3 is 6.18 Å². The van der Waals surface area contributed by atoms with Crippen molar-refractivity contribution < 1.29 is 13.2 Å². The Balaban J connectivity index is 1.88. The Morgan fingerprint density at radius 3 is 2.76 bits per heavy atom. The zero-order chi connectivity index (χ0) is 14.9. The van der Waals surface area contributed by atoms with Crippen LogP contribution in [0, 0.1) is 5.92 Å². The zero-order valence-electron chi connectivity index (χ0n) is 12.0. The van der Waals surface area contributed by atoms with Crippen LogP contribution in [0.3, 0.4) is 0 Å². The lowest BCUT2D eigenvalue weighted by atomic mass is 9.90. The van der Waals surface area contributed by atoms with Gasteiger partial charge in [0.25, 0.3) is 0 Å². The van der Waals surface area contributed by atoms with Crippen molar-refractivity contribution in [3.8, 4) is 0 Å². The van der Waals surface area contributed by atoms with E-state index in [1.165, 1.54) is 17.5 Å². The summed E-state index contributed by atoms with van der Waals surface area (Å²) in [5, 5.41) is 2.92. The van der Waals surface area contributed by atoms with Gasteiger partial charge < -0.3 is 10.2 Å².